The van der Waals surface area contributed by atoms with Gasteiger partial charge < -0.3 is 24.5 Å². The number of furan rings is 1. The minimum Gasteiger partial charge on any atom is -0.495 e. The van der Waals surface area contributed by atoms with E-state index >= 15 is 0 Å². The molecule has 1 heterocycles. The van der Waals surface area contributed by atoms with Gasteiger partial charge >= 0.3 is 5.97 Å². The predicted octanol–water partition coefficient (Wildman–Crippen LogP) is 3.41. The van der Waals surface area contributed by atoms with E-state index in [0.29, 0.717) is 22.6 Å². The molecular weight excluding hydrogens is 458 g/mol. The molecule has 0 atom stereocenters. The summed E-state index contributed by atoms with van der Waals surface area (Å²) in [4.78, 5) is 46.6. The molecule has 4 aromatic rings. The Labute approximate surface area is 197 Å². The summed E-state index contributed by atoms with van der Waals surface area (Å²) < 4.78 is 16.1. The second kappa shape index (κ2) is 9.91. The van der Waals surface area contributed by atoms with Gasteiger partial charge in [-0.1, -0.05) is 24.3 Å². The number of non-ortho nitro benzene ring substituents is 1. The van der Waals surface area contributed by atoms with Crippen LogP contribution in [0.4, 0.5) is 11.4 Å². The lowest BCUT2D eigenvalue weighted by Crippen LogP contribution is -2.32. The maximum atomic E-state index is 12.3. The molecule has 0 bridgehead atoms. The highest BCUT2D eigenvalue weighted by Gasteiger charge is 2.16. The molecule has 0 aliphatic rings. The largest absolute Gasteiger partial charge is 0.495 e. The van der Waals surface area contributed by atoms with E-state index in [-0.39, 0.29) is 11.3 Å². The summed E-state index contributed by atoms with van der Waals surface area (Å²) in [5, 5.41) is 17.4. The van der Waals surface area contributed by atoms with Gasteiger partial charge in [0.2, 0.25) is 0 Å². The zero-order valence-corrected chi connectivity index (χ0v) is 18.4. The molecule has 0 radical (unpaired) electrons. The molecule has 0 fully saturated rings. The van der Waals surface area contributed by atoms with Crippen molar-refractivity contribution in [3.63, 3.8) is 0 Å². The first-order chi connectivity index (χ1) is 16.9. The maximum absolute atomic E-state index is 12.3. The van der Waals surface area contributed by atoms with Crippen LogP contribution in [0, 0.1) is 10.1 Å². The van der Waals surface area contributed by atoms with E-state index in [2.05, 4.69) is 10.6 Å². The Kier molecular flexibility index (Phi) is 6.58. The van der Waals surface area contributed by atoms with Crippen molar-refractivity contribution in [2.75, 3.05) is 25.6 Å². The van der Waals surface area contributed by atoms with Crippen LogP contribution < -0.4 is 15.4 Å². The molecule has 4 rings (SSSR count). The van der Waals surface area contributed by atoms with Crippen molar-refractivity contribution >= 4 is 51.1 Å². The van der Waals surface area contributed by atoms with E-state index in [4.69, 9.17) is 13.9 Å². The predicted molar refractivity (Wildman–Crippen MR) is 125 cm³/mol. The SMILES string of the molecule is COc1cc2c(cc1NC(=O)COC(=O)CNC(=O)c1cccc([N+](=O)[O-])c1)oc1ccccc12. The maximum Gasteiger partial charge on any atom is 0.325 e. The fourth-order valence-corrected chi connectivity index (χ4v) is 3.42. The highest BCUT2D eigenvalue weighted by molar-refractivity contribution is 6.08. The number of carbonyl (C=O) groups excluding carboxylic acids is 3. The van der Waals surface area contributed by atoms with Gasteiger partial charge in [0.1, 0.15) is 23.5 Å². The minimum absolute atomic E-state index is 0.0119. The number of carbonyl (C=O) groups is 3. The van der Waals surface area contributed by atoms with Crippen molar-refractivity contribution in [3.8, 4) is 5.75 Å². The molecule has 0 aliphatic carbocycles. The van der Waals surface area contributed by atoms with Crippen molar-refractivity contribution in [2.45, 2.75) is 0 Å². The van der Waals surface area contributed by atoms with Crippen LogP contribution in [-0.4, -0.2) is 43.0 Å². The van der Waals surface area contributed by atoms with Crippen LogP contribution in [0.3, 0.4) is 0 Å². The number of anilines is 1. The number of hydrogen-bond donors (Lipinski definition) is 2. The third kappa shape index (κ3) is 5.19. The average Bonchev–Trinajstić information content (AvgIpc) is 3.22. The number of nitrogens with one attached hydrogen (secondary N) is 2. The van der Waals surface area contributed by atoms with Crippen LogP contribution in [0.15, 0.2) is 65.1 Å². The number of amides is 2. The number of fused-ring (bicyclic) bond motifs is 3. The van der Waals surface area contributed by atoms with Crippen LogP contribution in [0.25, 0.3) is 21.9 Å². The van der Waals surface area contributed by atoms with Crippen molar-refractivity contribution in [1.82, 2.24) is 5.32 Å². The number of nitrogens with zero attached hydrogens (tertiary/aromatic N) is 1. The number of rotatable bonds is 8. The van der Waals surface area contributed by atoms with Crippen molar-refractivity contribution in [1.29, 1.82) is 0 Å². The molecular formula is C24H19N3O8. The van der Waals surface area contributed by atoms with Crippen LogP contribution in [0.2, 0.25) is 0 Å². The summed E-state index contributed by atoms with van der Waals surface area (Å²) in [5.74, 6) is -1.79. The number of ether oxygens (including phenoxy) is 2. The lowest BCUT2D eigenvalue weighted by Gasteiger charge is -2.11. The van der Waals surface area contributed by atoms with E-state index < -0.39 is 35.9 Å². The number of esters is 1. The second-order valence-corrected chi connectivity index (χ2v) is 7.35. The molecule has 0 saturated carbocycles. The third-order valence-electron chi connectivity index (χ3n) is 5.05. The van der Waals surface area contributed by atoms with Crippen LogP contribution in [-0.2, 0) is 14.3 Å². The monoisotopic (exact) mass is 477 g/mol. The molecule has 3 aromatic carbocycles. The van der Waals surface area contributed by atoms with Crippen molar-refractivity contribution < 1.29 is 33.2 Å². The summed E-state index contributed by atoms with van der Waals surface area (Å²) in [6.07, 6.45) is 0. The van der Waals surface area contributed by atoms with E-state index in [1.807, 2.05) is 24.3 Å². The topological polar surface area (TPSA) is 150 Å². The summed E-state index contributed by atoms with van der Waals surface area (Å²) in [5.41, 5.74) is 1.32. The molecule has 0 spiro atoms. The van der Waals surface area contributed by atoms with E-state index in [1.165, 1.54) is 25.3 Å². The average molecular weight is 477 g/mol. The molecule has 0 aliphatic heterocycles. The normalized spacial score (nSPS) is 10.7. The highest BCUT2D eigenvalue weighted by Crippen LogP contribution is 2.36. The molecule has 11 nitrogen and oxygen atoms in total. The molecule has 0 unspecified atom stereocenters. The lowest BCUT2D eigenvalue weighted by atomic mass is 10.1. The molecule has 11 heteroatoms. The molecule has 2 amide bonds. The Morgan fingerprint density at radius 3 is 2.57 bits per heavy atom. The molecule has 35 heavy (non-hydrogen) atoms. The fraction of sp³-hybridized carbons (Fsp3) is 0.125. The van der Waals surface area contributed by atoms with E-state index in [9.17, 15) is 24.5 Å². The Morgan fingerprint density at radius 2 is 1.80 bits per heavy atom. The van der Waals surface area contributed by atoms with Gasteiger partial charge in [-0.3, -0.25) is 24.5 Å². The summed E-state index contributed by atoms with van der Waals surface area (Å²) >= 11 is 0. The van der Waals surface area contributed by atoms with Crippen LogP contribution in [0.5, 0.6) is 5.75 Å². The van der Waals surface area contributed by atoms with E-state index in [1.54, 1.807) is 12.1 Å². The Balaban J connectivity index is 1.33. The molecule has 1 aromatic heterocycles. The Hall–Kier alpha value is -4.93. The first-order valence-corrected chi connectivity index (χ1v) is 10.3. The van der Waals surface area contributed by atoms with Crippen molar-refractivity contribution in [3.05, 3.63) is 76.3 Å². The first-order valence-electron chi connectivity index (χ1n) is 10.3. The fourth-order valence-electron chi connectivity index (χ4n) is 3.42. The lowest BCUT2D eigenvalue weighted by molar-refractivity contribution is -0.384. The van der Waals surface area contributed by atoms with Gasteiger partial charge in [0.25, 0.3) is 17.5 Å². The zero-order valence-electron chi connectivity index (χ0n) is 18.4. The number of para-hydroxylation sites is 1. The number of hydrogen-bond acceptors (Lipinski definition) is 8. The van der Waals surface area contributed by atoms with E-state index in [0.717, 1.165) is 16.8 Å². The molecule has 178 valence electrons. The van der Waals surface area contributed by atoms with Gasteiger partial charge in [-0.25, -0.2) is 0 Å². The Morgan fingerprint density at radius 1 is 1.00 bits per heavy atom. The second-order valence-electron chi connectivity index (χ2n) is 7.35. The van der Waals surface area contributed by atoms with Gasteiger partial charge in [0.05, 0.1) is 17.7 Å². The van der Waals surface area contributed by atoms with Crippen LogP contribution in [0.1, 0.15) is 10.4 Å². The van der Waals surface area contributed by atoms with Gasteiger partial charge in [-0.05, 0) is 18.2 Å². The number of nitro benzene ring substituents is 1. The summed E-state index contributed by atoms with van der Waals surface area (Å²) in [6, 6.07) is 15.9. The van der Waals surface area contributed by atoms with Crippen LogP contribution >= 0.6 is 0 Å². The Bertz CT molecular complexity index is 1460. The quantitative estimate of drug-likeness (QED) is 0.223. The molecule has 2 N–H and O–H groups in total. The standard InChI is InChI=1S/C24H19N3O8/c1-33-21-10-17-16-7-2-3-8-19(16)35-20(17)11-18(21)26-22(28)13-34-23(29)12-25-24(30)14-5-4-6-15(9-14)27(31)32/h2-11H,12-13H2,1H3,(H,25,30)(H,26,28). The number of nitro groups is 1. The zero-order chi connectivity index (χ0) is 24.9. The van der Waals surface area contributed by atoms with Gasteiger partial charge in [-0.2, -0.15) is 0 Å². The third-order valence-corrected chi connectivity index (χ3v) is 5.05. The highest BCUT2D eigenvalue weighted by atomic mass is 16.6. The molecule has 0 saturated heterocycles. The van der Waals surface area contributed by atoms with Crippen molar-refractivity contribution in [2.24, 2.45) is 0 Å². The van der Waals surface area contributed by atoms with Gasteiger partial charge in [0, 0.05) is 34.5 Å². The summed E-state index contributed by atoms with van der Waals surface area (Å²) in [7, 11) is 1.46. The number of methoxy groups -OCH3 is 1. The summed E-state index contributed by atoms with van der Waals surface area (Å²) in [6.45, 7) is -1.13. The van der Waals surface area contributed by atoms with Gasteiger partial charge in [-0.15, -0.1) is 0 Å². The smallest absolute Gasteiger partial charge is 0.325 e. The first kappa shape index (κ1) is 23.2. The van der Waals surface area contributed by atoms with Gasteiger partial charge in [0.15, 0.2) is 6.61 Å². The minimum atomic E-state index is -0.862. The number of benzene rings is 3.